The average Bonchev–Trinajstić information content (AvgIpc) is 2.72. The van der Waals surface area contributed by atoms with Crippen LogP contribution in [0.5, 0.6) is 0 Å². The summed E-state index contributed by atoms with van der Waals surface area (Å²) in [5.74, 6) is 0.678. The van der Waals surface area contributed by atoms with Crippen LogP contribution in [0.25, 0.3) is 5.76 Å². The van der Waals surface area contributed by atoms with E-state index in [1.54, 1.807) is 61.1 Å². The molecule has 0 fully saturated rings. The van der Waals surface area contributed by atoms with E-state index in [1.807, 2.05) is 6.92 Å². The van der Waals surface area contributed by atoms with E-state index in [1.165, 1.54) is 12.1 Å². The van der Waals surface area contributed by atoms with E-state index < -0.39 is 16.3 Å². The van der Waals surface area contributed by atoms with Gasteiger partial charge in [0, 0.05) is 11.1 Å². The summed E-state index contributed by atoms with van der Waals surface area (Å²) < 4.78 is 32.5. The highest BCUT2D eigenvalue weighted by Gasteiger charge is 2.29. The number of hydrogen-bond acceptors (Lipinski definition) is 5. The lowest BCUT2D eigenvalue weighted by Crippen LogP contribution is -2.29. The maximum Gasteiger partial charge on any atom is 0.339 e. The summed E-state index contributed by atoms with van der Waals surface area (Å²) in [6.07, 6.45) is 0.633. The summed E-state index contributed by atoms with van der Waals surface area (Å²) in [7, 11) is -0.611. The van der Waals surface area contributed by atoms with Gasteiger partial charge < -0.3 is 9.29 Å². The third kappa shape index (κ3) is 3.36. The topological polar surface area (TPSA) is 78.6 Å². The lowest BCUT2D eigenvalue weighted by Gasteiger charge is -2.14. The zero-order valence-electron chi connectivity index (χ0n) is 14.8. The molecule has 0 spiro atoms. The first-order chi connectivity index (χ1) is 12.3. The Labute approximate surface area is 153 Å². The van der Waals surface area contributed by atoms with Gasteiger partial charge in [0.2, 0.25) is 6.23 Å². The van der Waals surface area contributed by atoms with Crippen molar-refractivity contribution in [1.29, 1.82) is 0 Å². The van der Waals surface area contributed by atoms with E-state index in [-0.39, 0.29) is 10.7 Å². The Morgan fingerprint density at radius 3 is 2.42 bits per heavy atom. The maximum absolute atomic E-state index is 12.7. The van der Waals surface area contributed by atoms with Crippen molar-refractivity contribution >= 4 is 21.7 Å². The second-order valence-electron chi connectivity index (χ2n) is 6.07. The number of aryl methyl sites for hydroxylation is 1. The van der Waals surface area contributed by atoms with Gasteiger partial charge in [0.05, 0.1) is 20.2 Å². The summed E-state index contributed by atoms with van der Waals surface area (Å²) in [6, 6.07) is 13.5. The van der Waals surface area contributed by atoms with Crippen molar-refractivity contribution in [2.45, 2.75) is 18.0 Å². The van der Waals surface area contributed by atoms with Gasteiger partial charge in [0.15, 0.2) is 5.76 Å². The summed E-state index contributed by atoms with van der Waals surface area (Å²) >= 11 is 0. The lowest BCUT2D eigenvalue weighted by molar-refractivity contribution is -0.593. The quantitative estimate of drug-likeness (QED) is 0.636. The number of nitrogens with one attached hydrogen (secondary N) is 1. The van der Waals surface area contributed by atoms with E-state index in [0.29, 0.717) is 17.0 Å². The Balaban J connectivity index is 2.10. The summed E-state index contributed by atoms with van der Waals surface area (Å²) in [6.45, 7) is 1.88. The summed E-state index contributed by atoms with van der Waals surface area (Å²) in [4.78, 5) is 0.0747. The largest absolute Gasteiger partial charge is 0.378 e. The van der Waals surface area contributed by atoms with Crippen LogP contribution in [0.2, 0.25) is 0 Å². The lowest BCUT2D eigenvalue weighted by atomic mass is 10.0. The number of fused-ring (bicyclic) bond motifs is 1. The summed E-state index contributed by atoms with van der Waals surface area (Å²) in [5.41, 5.74) is 2.04. The van der Waals surface area contributed by atoms with Gasteiger partial charge in [0.1, 0.15) is 4.90 Å². The van der Waals surface area contributed by atoms with E-state index in [4.69, 9.17) is 4.18 Å². The number of amidine groups is 1. The second kappa shape index (κ2) is 6.93. The van der Waals surface area contributed by atoms with Crippen molar-refractivity contribution in [3.8, 4) is 0 Å². The molecule has 0 aliphatic carbocycles. The minimum atomic E-state index is -4.01. The number of likely N-dealkylation sites (N-methyl/N-ethyl adjacent to an activating group) is 1. The molecular weight excluding hydrogens is 352 g/mol. The van der Waals surface area contributed by atoms with Crippen molar-refractivity contribution < 1.29 is 22.3 Å². The predicted octanol–water partition coefficient (Wildman–Crippen LogP) is 2.01. The molecule has 1 heterocycles. The maximum atomic E-state index is 12.7. The smallest absolute Gasteiger partial charge is 0.339 e. The molecule has 1 aliphatic rings. The van der Waals surface area contributed by atoms with Gasteiger partial charge in [-0.2, -0.15) is 8.42 Å². The highest BCUT2D eigenvalue weighted by molar-refractivity contribution is 7.87. The van der Waals surface area contributed by atoms with Crippen LogP contribution in [-0.2, 0) is 14.3 Å². The molecule has 2 aromatic carbocycles. The van der Waals surface area contributed by atoms with E-state index in [0.717, 1.165) is 5.56 Å². The highest BCUT2D eigenvalue weighted by atomic mass is 32.2. The van der Waals surface area contributed by atoms with Crippen LogP contribution < -0.4 is 5.32 Å². The van der Waals surface area contributed by atoms with Crippen molar-refractivity contribution in [2.75, 3.05) is 14.1 Å². The minimum absolute atomic E-state index is 0.0747. The van der Waals surface area contributed by atoms with Gasteiger partial charge in [0.25, 0.3) is 5.84 Å². The number of aliphatic hydroxyl groups excluding tert-OH is 1. The molecule has 0 radical (unpaired) electrons. The molecule has 6 nitrogen and oxygen atoms in total. The fourth-order valence-corrected chi connectivity index (χ4v) is 3.72. The Hall–Kier alpha value is -2.64. The normalized spacial score (nSPS) is 17.2. The van der Waals surface area contributed by atoms with Gasteiger partial charge in [-0.05, 0) is 19.1 Å². The van der Waals surface area contributed by atoms with Crippen LogP contribution in [-0.4, -0.2) is 38.0 Å². The molecule has 2 aromatic rings. The number of nitrogens with zero attached hydrogens (tertiary/aromatic N) is 1. The fourth-order valence-electron chi connectivity index (χ4n) is 2.78. The molecule has 0 aromatic heterocycles. The van der Waals surface area contributed by atoms with Crippen LogP contribution in [0.15, 0.2) is 59.5 Å². The molecule has 7 heteroatoms. The average molecular weight is 373 g/mol. The SMILES string of the molecule is CNC1=[N+](C)[C@@H](O)c2ccccc2C(OS(=O)(=O)c2ccc(C)cc2)=C1. The number of aliphatic hydroxyl groups is 1. The van der Waals surface area contributed by atoms with Crippen LogP contribution >= 0.6 is 0 Å². The molecule has 1 aliphatic heterocycles. The molecule has 0 amide bonds. The summed E-state index contributed by atoms with van der Waals surface area (Å²) in [5, 5.41) is 13.6. The van der Waals surface area contributed by atoms with Crippen molar-refractivity contribution in [3.63, 3.8) is 0 Å². The Bertz CT molecular complexity index is 992. The number of hydrogen-bond donors (Lipinski definition) is 2. The third-order valence-corrected chi connectivity index (χ3v) is 5.53. The molecule has 0 saturated carbocycles. The van der Waals surface area contributed by atoms with E-state index in [9.17, 15) is 13.5 Å². The molecule has 0 unspecified atom stereocenters. The molecule has 1 atom stereocenters. The van der Waals surface area contributed by atoms with Gasteiger partial charge in [-0.25, -0.2) is 4.58 Å². The first kappa shape index (κ1) is 18.2. The first-order valence-electron chi connectivity index (χ1n) is 8.11. The zero-order chi connectivity index (χ0) is 18.9. The van der Waals surface area contributed by atoms with Crippen LogP contribution in [0.1, 0.15) is 22.9 Å². The molecule has 0 saturated heterocycles. The Morgan fingerprint density at radius 1 is 1.12 bits per heavy atom. The second-order valence-corrected chi connectivity index (χ2v) is 7.61. The molecule has 26 heavy (non-hydrogen) atoms. The zero-order valence-corrected chi connectivity index (χ0v) is 15.6. The van der Waals surface area contributed by atoms with Crippen molar-refractivity contribution in [3.05, 3.63) is 71.3 Å². The predicted molar refractivity (Wildman–Crippen MR) is 99.1 cm³/mol. The monoisotopic (exact) mass is 373 g/mol. The standard InChI is InChI=1S/C19H20N2O4S/c1-13-8-10-14(11-9-13)26(23,24)25-17-12-18(20-2)21(3)19(22)16-7-5-4-6-15(16)17/h4-12,19,22H,1-3H3/p+1/t19-/m0/s1. The van der Waals surface area contributed by atoms with Gasteiger partial charge in [-0.1, -0.05) is 42.0 Å². The van der Waals surface area contributed by atoms with Crippen molar-refractivity contribution in [2.24, 2.45) is 0 Å². The first-order valence-corrected chi connectivity index (χ1v) is 9.52. The molecular formula is C19H21N2O4S+. The number of benzene rings is 2. The van der Waals surface area contributed by atoms with Gasteiger partial charge in [-0.3, -0.25) is 5.32 Å². The molecule has 0 bridgehead atoms. The van der Waals surface area contributed by atoms with Gasteiger partial charge in [-0.15, -0.1) is 0 Å². The molecule has 136 valence electrons. The molecule has 2 N–H and O–H groups in total. The van der Waals surface area contributed by atoms with Crippen molar-refractivity contribution in [1.82, 2.24) is 5.32 Å². The van der Waals surface area contributed by atoms with E-state index >= 15 is 0 Å². The molecule has 3 rings (SSSR count). The highest BCUT2D eigenvalue weighted by Crippen LogP contribution is 2.31. The number of rotatable bonds is 3. The van der Waals surface area contributed by atoms with Gasteiger partial charge >= 0.3 is 10.1 Å². The minimum Gasteiger partial charge on any atom is -0.378 e. The van der Waals surface area contributed by atoms with Crippen LogP contribution in [0.4, 0.5) is 0 Å². The van der Waals surface area contributed by atoms with Crippen LogP contribution in [0, 0.1) is 6.92 Å². The van der Waals surface area contributed by atoms with Crippen LogP contribution in [0.3, 0.4) is 0 Å². The fraction of sp³-hybridized carbons (Fsp3) is 0.211. The Kier molecular flexibility index (Phi) is 4.84. The Morgan fingerprint density at radius 2 is 1.77 bits per heavy atom. The van der Waals surface area contributed by atoms with E-state index in [2.05, 4.69) is 5.32 Å². The third-order valence-electron chi connectivity index (χ3n) is 4.28.